The number of rotatable bonds is 6. The van der Waals surface area contributed by atoms with Gasteiger partial charge in [-0.05, 0) is 24.6 Å². The Bertz CT molecular complexity index is 730. The monoisotopic (exact) mass is 369 g/mol. The van der Waals surface area contributed by atoms with E-state index in [9.17, 15) is 9.59 Å². The molecule has 2 rings (SSSR count). The van der Waals surface area contributed by atoms with Crippen LogP contribution < -0.4 is 11.3 Å². The largest absolute Gasteiger partial charge is 0.370 e. The van der Waals surface area contributed by atoms with Gasteiger partial charge in [-0.15, -0.1) is 0 Å². The number of aromatic nitrogens is 2. The zero-order valence-electron chi connectivity index (χ0n) is 11.6. The Morgan fingerprint density at radius 1 is 1.48 bits per heavy atom. The third-order valence-electron chi connectivity index (χ3n) is 2.91. The number of hydrogen-bond acceptors (Lipinski definition) is 4. The Labute approximate surface area is 135 Å². The van der Waals surface area contributed by atoms with Gasteiger partial charge in [0.1, 0.15) is 0 Å². The number of carbonyl (C=O) groups is 1. The topological polar surface area (TPSA) is 78.0 Å². The summed E-state index contributed by atoms with van der Waals surface area (Å²) in [5, 5.41) is 1.23. The minimum absolute atomic E-state index is 0.0512. The maximum Gasteiger partial charge on any atom is 0.262 e. The lowest BCUT2D eigenvalue weighted by Crippen LogP contribution is -2.23. The first-order chi connectivity index (χ1) is 10.0. The van der Waals surface area contributed by atoms with Crippen LogP contribution in [0.4, 0.5) is 0 Å². The van der Waals surface area contributed by atoms with Crippen molar-refractivity contribution < 1.29 is 4.79 Å². The average molecular weight is 370 g/mol. The van der Waals surface area contributed by atoms with E-state index >= 15 is 0 Å². The second-order valence-electron chi connectivity index (χ2n) is 4.58. The molecule has 0 aliphatic carbocycles. The Balaban J connectivity index is 2.47. The number of halogens is 1. The summed E-state index contributed by atoms with van der Waals surface area (Å²) in [6.07, 6.45) is 1.11. The van der Waals surface area contributed by atoms with E-state index in [0.29, 0.717) is 28.4 Å². The highest BCUT2D eigenvalue weighted by Crippen LogP contribution is 2.21. The van der Waals surface area contributed by atoms with Gasteiger partial charge in [0.2, 0.25) is 5.91 Å². The molecule has 0 aliphatic rings. The van der Waals surface area contributed by atoms with Crippen LogP contribution in [0.25, 0.3) is 10.9 Å². The zero-order chi connectivity index (χ0) is 15.4. The van der Waals surface area contributed by atoms with E-state index in [-0.39, 0.29) is 17.9 Å². The lowest BCUT2D eigenvalue weighted by molar-refractivity contribution is -0.117. The quantitative estimate of drug-likeness (QED) is 0.626. The number of carbonyl (C=O) groups excluding carboxylic acids is 1. The van der Waals surface area contributed by atoms with E-state index in [1.165, 1.54) is 11.8 Å². The molecule has 7 heteroatoms. The normalized spacial score (nSPS) is 11.0. The second kappa shape index (κ2) is 7.09. The van der Waals surface area contributed by atoms with Crippen LogP contribution in [-0.4, -0.2) is 21.2 Å². The molecule has 0 saturated heterocycles. The molecule has 0 unspecified atom stereocenters. The molecule has 21 heavy (non-hydrogen) atoms. The summed E-state index contributed by atoms with van der Waals surface area (Å²) in [4.78, 5) is 28.0. The molecule has 1 heterocycles. The van der Waals surface area contributed by atoms with Crippen LogP contribution in [0.1, 0.15) is 19.8 Å². The van der Waals surface area contributed by atoms with Gasteiger partial charge in [-0.25, -0.2) is 4.98 Å². The van der Waals surface area contributed by atoms with Gasteiger partial charge in [0.15, 0.2) is 5.16 Å². The van der Waals surface area contributed by atoms with E-state index in [4.69, 9.17) is 5.73 Å². The molecule has 5 nitrogen and oxygen atoms in total. The van der Waals surface area contributed by atoms with Gasteiger partial charge in [0, 0.05) is 23.2 Å². The summed E-state index contributed by atoms with van der Waals surface area (Å²) in [5.74, 6) is 0.171. The van der Waals surface area contributed by atoms with Crippen molar-refractivity contribution in [3.63, 3.8) is 0 Å². The Kier molecular flexibility index (Phi) is 5.41. The Hall–Kier alpha value is -1.34. The predicted molar refractivity (Wildman–Crippen MR) is 88.5 cm³/mol. The highest BCUT2D eigenvalue weighted by molar-refractivity contribution is 9.10. The highest BCUT2D eigenvalue weighted by Gasteiger charge is 2.11. The molecule has 0 bridgehead atoms. The zero-order valence-corrected chi connectivity index (χ0v) is 14.0. The number of primary amides is 1. The van der Waals surface area contributed by atoms with Crippen LogP contribution in [0.2, 0.25) is 0 Å². The van der Waals surface area contributed by atoms with Crippen LogP contribution in [0.3, 0.4) is 0 Å². The number of nitrogens with two attached hydrogens (primary N) is 1. The summed E-state index contributed by atoms with van der Waals surface area (Å²) in [6, 6.07) is 5.46. The summed E-state index contributed by atoms with van der Waals surface area (Å²) in [5.41, 5.74) is 5.76. The summed E-state index contributed by atoms with van der Waals surface area (Å²) in [7, 11) is 0. The third kappa shape index (κ3) is 3.85. The Morgan fingerprint density at radius 2 is 2.24 bits per heavy atom. The SMILES string of the molecule is CCCn1c(SCCC(N)=O)nc2ccc(Br)cc2c1=O. The molecule has 0 saturated carbocycles. The van der Waals surface area contributed by atoms with Crippen molar-refractivity contribution >= 4 is 44.5 Å². The van der Waals surface area contributed by atoms with Gasteiger partial charge >= 0.3 is 0 Å². The molecule has 1 aromatic heterocycles. The molecule has 1 amide bonds. The molecule has 0 aliphatic heterocycles. The smallest absolute Gasteiger partial charge is 0.262 e. The van der Waals surface area contributed by atoms with Gasteiger partial charge in [-0.1, -0.05) is 34.6 Å². The molecule has 2 aromatic rings. The van der Waals surface area contributed by atoms with Gasteiger partial charge in [0.25, 0.3) is 5.56 Å². The molecule has 0 radical (unpaired) electrons. The van der Waals surface area contributed by atoms with Gasteiger partial charge < -0.3 is 5.73 Å². The lowest BCUT2D eigenvalue weighted by Gasteiger charge is -2.12. The first kappa shape index (κ1) is 16.0. The molecular formula is C14H16BrN3O2S. The minimum Gasteiger partial charge on any atom is -0.370 e. The van der Waals surface area contributed by atoms with E-state index in [1.54, 1.807) is 10.6 Å². The van der Waals surface area contributed by atoms with Crippen molar-refractivity contribution in [2.45, 2.75) is 31.5 Å². The van der Waals surface area contributed by atoms with E-state index < -0.39 is 0 Å². The minimum atomic E-state index is -0.350. The summed E-state index contributed by atoms with van der Waals surface area (Å²) >= 11 is 4.76. The fourth-order valence-electron chi connectivity index (χ4n) is 1.95. The first-order valence-corrected chi connectivity index (χ1v) is 8.42. The highest BCUT2D eigenvalue weighted by atomic mass is 79.9. The second-order valence-corrected chi connectivity index (χ2v) is 6.56. The molecule has 0 fully saturated rings. The van der Waals surface area contributed by atoms with Crippen molar-refractivity contribution in [1.82, 2.24) is 9.55 Å². The average Bonchev–Trinajstić information content (AvgIpc) is 2.43. The molecule has 1 aromatic carbocycles. The third-order valence-corrected chi connectivity index (χ3v) is 4.38. The lowest BCUT2D eigenvalue weighted by atomic mass is 10.2. The fraction of sp³-hybridized carbons (Fsp3) is 0.357. The first-order valence-electron chi connectivity index (χ1n) is 6.64. The number of hydrogen-bond donors (Lipinski definition) is 1. The van der Waals surface area contributed by atoms with Gasteiger partial charge in [0.05, 0.1) is 10.9 Å². The van der Waals surface area contributed by atoms with Crippen molar-refractivity contribution in [3.05, 3.63) is 33.0 Å². The van der Waals surface area contributed by atoms with Crippen LogP contribution in [0.15, 0.2) is 32.6 Å². The molecule has 0 spiro atoms. The number of amides is 1. The van der Waals surface area contributed by atoms with Gasteiger partial charge in [-0.3, -0.25) is 14.2 Å². The van der Waals surface area contributed by atoms with E-state index in [0.717, 1.165) is 10.9 Å². The van der Waals surface area contributed by atoms with Crippen LogP contribution in [0, 0.1) is 0 Å². The van der Waals surface area contributed by atoms with Crippen molar-refractivity contribution in [3.8, 4) is 0 Å². The van der Waals surface area contributed by atoms with Crippen LogP contribution in [-0.2, 0) is 11.3 Å². The van der Waals surface area contributed by atoms with Crippen molar-refractivity contribution in [2.75, 3.05) is 5.75 Å². The maximum atomic E-state index is 12.6. The fourth-order valence-corrected chi connectivity index (χ4v) is 3.29. The van der Waals surface area contributed by atoms with Crippen molar-refractivity contribution in [2.24, 2.45) is 5.73 Å². The standard InChI is InChI=1S/C14H16BrN3O2S/c1-2-6-18-13(20)10-8-9(15)3-4-11(10)17-14(18)21-7-5-12(16)19/h3-4,8H,2,5-7H2,1H3,(H2,16,19). The van der Waals surface area contributed by atoms with Crippen LogP contribution >= 0.6 is 27.7 Å². The molecule has 0 atom stereocenters. The molecule has 112 valence electrons. The Morgan fingerprint density at radius 3 is 2.90 bits per heavy atom. The summed E-state index contributed by atoms with van der Waals surface area (Å²) < 4.78 is 2.52. The van der Waals surface area contributed by atoms with Crippen LogP contribution in [0.5, 0.6) is 0 Å². The van der Waals surface area contributed by atoms with E-state index in [2.05, 4.69) is 20.9 Å². The van der Waals surface area contributed by atoms with Gasteiger partial charge in [-0.2, -0.15) is 0 Å². The van der Waals surface area contributed by atoms with E-state index in [1.807, 2.05) is 19.1 Å². The number of fused-ring (bicyclic) bond motifs is 1. The van der Waals surface area contributed by atoms with Crippen molar-refractivity contribution in [1.29, 1.82) is 0 Å². The molecule has 2 N–H and O–H groups in total. The predicted octanol–water partition coefficient (Wildman–Crippen LogP) is 2.54. The summed E-state index contributed by atoms with van der Waals surface area (Å²) in [6.45, 7) is 2.61. The maximum absolute atomic E-state index is 12.6. The number of nitrogens with zero attached hydrogens (tertiary/aromatic N) is 2. The number of thioether (sulfide) groups is 1. The molecular weight excluding hydrogens is 354 g/mol. The number of benzene rings is 1.